The van der Waals surface area contributed by atoms with Crippen molar-refractivity contribution in [2.24, 2.45) is 0 Å². The van der Waals surface area contributed by atoms with Gasteiger partial charge in [-0.15, -0.1) is 0 Å². The summed E-state index contributed by atoms with van der Waals surface area (Å²) < 4.78 is 0. The largest absolute Gasteiger partial charge is 0.255 e. The van der Waals surface area contributed by atoms with E-state index < -0.39 is 0 Å². The summed E-state index contributed by atoms with van der Waals surface area (Å²) in [6.07, 6.45) is 1.84. The Labute approximate surface area is 220 Å². The van der Waals surface area contributed by atoms with E-state index in [4.69, 9.17) is 19.9 Å². The van der Waals surface area contributed by atoms with E-state index >= 15 is 0 Å². The molecule has 3 heterocycles. The summed E-state index contributed by atoms with van der Waals surface area (Å²) in [4.78, 5) is 19.7. The molecule has 0 unspecified atom stereocenters. The summed E-state index contributed by atoms with van der Waals surface area (Å²) in [7, 11) is 0. The molecule has 0 bridgehead atoms. The molecular weight excluding hydrogens is 464 g/mol. The van der Waals surface area contributed by atoms with Crippen LogP contribution in [0.15, 0.2) is 134 Å². The lowest BCUT2D eigenvalue weighted by atomic mass is 10.0. The van der Waals surface area contributed by atoms with Crippen LogP contribution in [0.5, 0.6) is 0 Å². The van der Waals surface area contributed by atoms with E-state index in [1.54, 1.807) is 0 Å². The molecule has 3 aromatic heterocycles. The molecule has 4 heteroatoms. The lowest BCUT2D eigenvalue weighted by molar-refractivity contribution is 1.18. The van der Waals surface area contributed by atoms with Crippen molar-refractivity contribution in [3.8, 4) is 45.3 Å². The fourth-order valence-electron chi connectivity index (χ4n) is 4.89. The van der Waals surface area contributed by atoms with Crippen molar-refractivity contribution in [1.82, 2.24) is 19.9 Å². The van der Waals surface area contributed by atoms with Gasteiger partial charge >= 0.3 is 0 Å². The van der Waals surface area contributed by atoms with E-state index in [2.05, 4.69) is 60.7 Å². The summed E-state index contributed by atoms with van der Waals surface area (Å²) in [6, 6.07) is 43.1. The van der Waals surface area contributed by atoms with Gasteiger partial charge in [-0.1, -0.05) is 103 Å². The first-order valence-corrected chi connectivity index (χ1v) is 12.6. The molecule has 178 valence electrons. The Hall–Kier alpha value is -5.22. The monoisotopic (exact) mass is 486 g/mol. The first-order chi connectivity index (χ1) is 18.8. The van der Waals surface area contributed by atoms with E-state index in [0.717, 1.165) is 55.8 Å². The van der Waals surface area contributed by atoms with Crippen LogP contribution < -0.4 is 0 Å². The summed E-state index contributed by atoms with van der Waals surface area (Å²) >= 11 is 0. The number of fused-ring (bicyclic) bond motifs is 3. The fourth-order valence-corrected chi connectivity index (χ4v) is 4.89. The van der Waals surface area contributed by atoms with E-state index in [0.29, 0.717) is 5.82 Å². The molecule has 0 fully saturated rings. The lowest BCUT2D eigenvalue weighted by Crippen LogP contribution is -1.97. The number of nitrogens with zero attached hydrogens (tertiary/aromatic N) is 4. The molecule has 4 aromatic carbocycles. The van der Waals surface area contributed by atoms with E-state index in [9.17, 15) is 0 Å². The summed E-state index contributed by atoms with van der Waals surface area (Å²) in [5.74, 6) is 0.689. The molecule has 0 aliphatic heterocycles. The zero-order valence-corrected chi connectivity index (χ0v) is 20.5. The van der Waals surface area contributed by atoms with Gasteiger partial charge in [0.05, 0.1) is 28.3 Å². The minimum Gasteiger partial charge on any atom is -0.255 e. The van der Waals surface area contributed by atoms with Gasteiger partial charge in [0.1, 0.15) is 0 Å². The summed E-state index contributed by atoms with van der Waals surface area (Å²) in [5.41, 5.74) is 7.33. The number of aromatic nitrogens is 4. The molecule has 0 atom stereocenters. The van der Waals surface area contributed by atoms with Crippen molar-refractivity contribution in [3.63, 3.8) is 0 Å². The lowest BCUT2D eigenvalue weighted by Gasteiger charge is -2.12. The van der Waals surface area contributed by atoms with Crippen LogP contribution in [0.3, 0.4) is 0 Å². The SMILES string of the molecule is c1ccc(-c2cc(-c3ccnc(-c4nc5ccccc5c5ccccc45)c3)nc(-c3ccccc3)n2)cc1. The summed E-state index contributed by atoms with van der Waals surface area (Å²) in [5, 5.41) is 3.38. The Morgan fingerprint density at radius 1 is 0.395 bits per heavy atom. The van der Waals surface area contributed by atoms with Crippen molar-refractivity contribution < 1.29 is 0 Å². The van der Waals surface area contributed by atoms with Crippen LogP contribution in [0.25, 0.3) is 67.0 Å². The Morgan fingerprint density at radius 2 is 1.00 bits per heavy atom. The van der Waals surface area contributed by atoms with E-state index in [1.807, 2.05) is 72.9 Å². The zero-order valence-electron chi connectivity index (χ0n) is 20.5. The maximum absolute atomic E-state index is 5.04. The van der Waals surface area contributed by atoms with Crippen molar-refractivity contribution in [1.29, 1.82) is 0 Å². The second-order valence-electron chi connectivity index (χ2n) is 9.15. The van der Waals surface area contributed by atoms with E-state index in [1.165, 1.54) is 5.39 Å². The Kier molecular flexibility index (Phi) is 5.41. The van der Waals surface area contributed by atoms with Crippen LogP contribution in [0, 0.1) is 0 Å². The average molecular weight is 487 g/mol. The number of pyridine rings is 2. The quantitative estimate of drug-likeness (QED) is 0.235. The molecule has 7 rings (SSSR count). The molecule has 0 N–H and O–H groups in total. The molecule has 0 saturated heterocycles. The first kappa shape index (κ1) is 22.0. The molecule has 0 aliphatic rings. The third-order valence-corrected chi connectivity index (χ3v) is 6.73. The molecule has 0 amide bonds. The van der Waals surface area contributed by atoms with Crippen LogP contribution in [-0.4, -0.2) is 19.9 Å². The van der Waals surface area contributed by atoms with Gasteiger partial charge in [-0.3, -0.25) is 4.98 Å². The van der Waals surface area contributed by atoms with Gasteiger partial charge in [0.15, 0.2) is 5.82 Å². The maximum Gasteiger partial charge on any atom is 0.160 e. The third-order valence-electron chi connectivity index (χ3n) is 6.73. The fraction of sp³-hybridized carbons (Fsp3) is 0. The normalized spacial score (nSPS) is 11.2. The first-order valence-electron chi connectivity index (χ1n) is 12.6. The topological polar surface area (TPSA) is 51.6 Å². The van der Waals surface area contributed by atoms with Crippen LogP contribution in [-0.2, 0) is 0 Å². The Balaban J connectivity index is 1.42. The number of rotatable bonds is 4. The van der Waals surface area contributed by atoms with Crippen molar-refractivity contribution in [3.05, 3.63) is 134 Å². The molecular formula is C34H22N4. The van der Waals surface area contributed by atoms with Gasteiger partial charge in [-0.05, 0) is 29.7 Å². The number of para-hydroxylation sites is 1. The summed E-state index contributed by atoms with van der Waals surface area (Å²) in [6.45, 7) is 0. The minimum absolute atomic E-state index is 0.689. The highest BCUT2D eigenvalue weighted by Gasteiger charge is 2.14. The predicted molar refractivity (Wildman–Crippen MR) is 154 cm³/mol. The third kappa shape index (κ3) is 3.98. The van der Waals surface area contributed by atoms with Crippen LogP contribution in [0.1, 0.15) is 0 Å². The van der Waals surface area contributed by atoms with Crippen LogP contribution in [0.2, 0.25) is 0 Å². The molecule has 4 nitrogen and oxygen atoms in total. The molecule has 0 aliphatic carbocycles. The highest BCUT2D eigenvalue weighted by atomic mass is 14.9. The molecule has 0 radical (unpaired) electrons. The van der Waals surface area contributed by atoms with Crippen molar-refractivity contribution in [2.75, 3.05) is 0 Å². The van der Waals surface area contributed by atoms with Gasteiger partial charge in [0.25, 0.3) is 0 Å². The predicted octanol–water partition coefficient (Wildman–Crippen LogP) is 8.24. The molecule has 38 heavy (non-hydrogen) atoms. The van der Waals surface area contributed by atoms with Gasteiger partial charge < -0.3 is 0 Å². The second-order valence-corrected chi connectivity index (χ2v) is 9.15. The van der Waals surface area contributed by atoms with Crippen molar-refractivity contribution >= 4 is 21.7 Å². The smallest absolute Gasteiger partial charge is 0.160 e. The van der Waals surface area contributed by atoms with Gasteiger partial charge in [-0.2, -0.15) is 0 Å². The van der Waals surface area contributed by atoms with Gasteiger partial charge in [0.2, 0.25) is 0 Å². The number of benzene rings is 4. The van der Waals surface area contributed by atoms with Crippen LogP contribution in [0.4, 0.5) is 0 Å². The van der Waals surface area contributed by atoms with Gasteiger partial charge in [-0.25, -0.2) is 15.0 Å². The molecule has 7 aromatic rings. The van der Waals surface area contributed by atoms with E-state index in [-0.39, 0.29) is 0 Å². The van der Waals surface area contributed by atoms with Crippen LogP contribution >= 0.6 is 0 Å². The molecule has 0 spiro atoms. The Bertz CT molecular complexity index is 1860. The minimum atomic E-state index is 0.689. The number of hydrogen-bond acceptors (Lipinski definition) is 4. The standard InChI is InChI=1S/C34H22N4/c1-3-11-23(12-4-1)30-22-31(38-34(37-30)24-13-5-2-6-14-24)25-19-20-35-32(21-25)33-28-17-8-7-15-26(28)27-16-9-10-18-29(27)36-33/h1-22H. The molecule has 0 saturated carbocycles. The number of hydrogen-bond donors (Lipinski definition) is 0. The maximum atomic E-state index is 5.04. The highest BCUT2D eigenvalue weighted by Crippen LogP contribution is 2.33. The zero-order chi connectivity index (χ0) is 25.3. The second kappa shape index (κ2) is 9.34. The highest BCUT2D eigenvalue weighted by molar-refractivity contribution is 6.10. The average Bonchev–Trinajstić information content (AvgIpc) is 3.01. The Morgan fingerprint density at radius 3 is 1.76 bits per heavy atom. The van der Waals surface area contributed by atoms with Gasteiger partial charge in [0, 0.05) is 33.7 Å². The van der Waals surface area contributed by atoms with Crippen molar-refractivity contribution in [2.45, 2.75) is 0 Å².